The van der Waals surface area contributed by atoms with E-state index in [0.717, 1.165) is 21.2 Å². The Kier molecular flexibility index (Phi) is 8.80. The molecule has 3 rings (SSSR count). The van der Waals surface area contributed by atoms with E-state index in [1.807, 2.05) is 67.6 Å². The molecule has 32 heavy (non-hydrogen) atoms. The Hall–Kier alpha value is -3.19. The second-order valence-electron chi connectivity index (χ2n) is 6.82. The highest BCUT2D eigenvalue weighted by atomic mass is 79.9. The first-order valence-corrected chi connectivity index (χ1v) is 11.0. The number of methoxy groups -OCH3 is 2. The van der Waals surface area contributed by atoms with Gasteiger partial charge in [0, 0.05) is 0 Å². The van der Waals surface area contributed by atoms with E-state index in [1.165, 1.54) is 0 Å². The number of ether oxygens (including phenoxy) is 4. The summed E-state index contributed by atoms with van der Waals surface area (Å²) in [5.41, 5.74) is 6.06. The van der Waals surface area contributed by atoms with Crippen molar-refractivity contribution in [2.75, 3.05) is 20.8 Å². The highest BCUT2D eigenvalue weighted by Gasteiger charge is 2.12. The molecule has 0 aliphatic rings. The van der Waals surface area contributed by atoms with Gasteiger partial charge in [-0.15, -0.1) is 0 Å². The Bertz CT molecular complexity index is 1040. The van der Waals surface area contributed by atoms with Crippen molar-refractivity contribution < 1.29 is 18.9 Å². The third kappa shape index (κ3) is 6.40. The summed E-state index contributed by atoms with van der Waals surface area (Å²) in [6.45, 7) is 3.49. The molecule has 0 bridgehead atoms. The molecule has 0 atom stereocenters. The SMILES string of the molecule is CCOc1cc(/C=N\NCc2ccc(OC)c(OC)c2)cc(Br)c1OCc1ccccc1. The quantitative estimate of drug-likeness (QED) is 0.276. The number of hydrazone groups is 1. The average molecular weight is 499 g/mol. The number of benzene rings is 3. The van der Waals surface area contributed by atoms with E-state index in [0.29, 0.717) is 42.8 Å². The molecule has 0 fully saturated rings. The molecular weight excluding hydrogens is 472 g/mol. The van der Waals surface area contributed by atoms with Gasteiger partial charge in [-0.2, -0.15) is 5.10 Å². The molecule has 0 saturated carbocycles. The van der Waals surface area contributed by atoms with Gasteiger partial charge in [0.05, 0.1) is 38.1 Å². The monoisotopic (exact) mass is 498 g/mol. The van der Waals surface area contributed by atoms with Crippen LogP contribution in [0.1, 0.15) is 23.6 Å². The molecule has 0 heterocycles. The summed E-state index contributed by atoms with van der Waals surface area (Å²) in [5.74, 6) is 2.72. The van der Waals surface area contributed by atoms with Crippen molar-refractivity contribution in [3.63, 3.8) is 0 Å². The van der Waals surface area contributed by atoms with Crippen LogP contribution in [-0.4, -0.2) is 27.0 Å². The van der Waals surface area contributed by atoms with Gasteiger partial charge >= 0.3 is 0 Å². The van der Waals surface area contributed by atoms with Crippen molar-refractivity contribution in [2.45, 2.75) is 20.1 Å². The number of halogens is 1. The largest absolute Gasteiger partial charge is 0.493 e. The Morgan fingerprint density at radius 3 is 2.38 bits per heavy atom. The van der Waals surface area contributed by atoms with Gasteiger partial charge in [0.2, 0.25) is 0 Å². The van der Waals surface area contributed by atoms with Crippen LogP contribution < -0.4 is 24.4 Å². The van der Waals surface area contributed by atoms with Crippen molar-refractivity contribution in [3.05, 3.63) is 81.8 Å². The molecule has 0 spiro atoms. The summed E-state index contributed by atoms with van der Waals surface area (Å²) in [7, 11) is 3.24. The first-order chi connectivity index (χ1) is 15.6. The van der Waals surface area contributed by atoms with E-state index in [1.54, 1.807) is 20.4 Å². The molecule has 0 unspecified atom stereocenters. The fourth-order valence-electron chi connectivity index (χ4n) is 3.04. The molecule has 3 aromatic rings. The summed E-state index contributed by atoms with van der Waals surface area (Å²) in [6, 6.07) is 19.6. The smallest absolute Gasteiger partial charge is 0.175 e. The summed E-state index contributed by atoms with van der Waals surface area (Å²) in [4.78, 5) is 0. The zero-order chi connectivity index (χ0) is 22.8. The van der Waals surface area contributed by atoms with Crippen LogP contribution in [0.5, 0.6) is 23.0 Å². The highest BCUT2D eigenvalue weighted by molar-refractivity contribution is 9.10. The van der Waals surface area contributed by atoms with Crippen molar-refractivity contribution in [3.8, 4) is 23.0 Å². The van der Waals surface area contributed by atoms with E-state index < -0.39 is 0 Å². The maximum absolute atomic E-state index is 6.03. The first kappa shape index (κ1) is 23.5. The minimum Gasteiger partial charge on any atom is -0.493 e. The maximum atomic E-state index is 6.03. The van der Waals surface area contributed by atoms with E-state index >= 15 is 0 Å². The van der Waals surface area contributed by atoms with Crippen molar-refractivity contribution >= 4 is 22.1 Å². The van der Waals surface area contributed by atoms with E-state index in [2.05, 4.69) is 26.5 Å². The van der Waals surface area contributed by atoms with Gasteiger partial charge in [-0.05, 0) is 63.8 Å². The molecule has 0 saturated heterocycles. The van der Waals surface area contributed by atoms with Crippen molar-refractivity contribution in [1.82, 2.24) is 5.43 Å². The lowest BCUT2D eigenvalue weighted by atomic mass is 10.2. The first-order valence-electron chi connectivity index (χ1n) is 10.2. The van der Waals surface area contributed by atoms with Gasteiger partial charge < -0.3 is 24.4 Å². The Balaban J connectivity index is 1.66. The summed E-state index contributed by atoms with van der Waals surface area (Å²) < 4.78 is 23.3. The van der Waals surface area contributed by atoms with Crippen LogP contribution in [0.15, 0.2) is 70.2 Å². The topological polar surface area (TPSA) is 61.3 Å². The molecule has 7 heteroatoms. The zero-order valence-electron chi connectivity index (χ0n) is 18.4. The Morgan fingerprint density at radius 2 is 1.66 bits per heavy atom. The molecule has 0 aliphatic heterocycles. The van der Waals surface area contributed by atoms with Gasteiger partial charge in [0.25, 0.3) is 0 Å². The highest BCUT2D eigenvalue weighted by Crippen LogP contribution is 2.37. The van der Waals surface area contributed by atoms with Gasteiger partial charge in [0.1, 0.15) is 6.61 Å². The number of hydrogen-bond donors (Lipinski definition) is 1. The fourth-order valence-corrected chi connectivity index (χ4v) is 3.62. The molecular formula is C25H27BrN2O4. The number of hydrogen-bond acceptors (Lipinski definition) is 6. The van der Waals surface area contributed by atoms with Crippen LogP contribution in [-0.2, 0) is 13.2 Å². The van der Waals surface area contributed by atoms with Gasteiger partial charge in [-0.25, -0.2) is 0 Å². The minimum atomic E-state index is 0.458. The molecule has 3 aromatic carbocycles. The van der Waals surface area contributed by atoms with E-state index in [4.69, 9.17) is 18.9 Å². The van der Waals surface area contributed by atoms with E-state index in [-0.39, 0.29) is 0 Å². The van der Waals surface area contributed by atoms with Gasteiger partial charge in [-0.3, -0.25) is 0 Å². The van der Waals surface area contributed by atoms with Crippen LogP contribution in [0, 0.1) is 0 Å². The second kappa shape index (κ2) is 12.0. The van der Waals surface area contributed by atoms with Crippen LogP contribution in [0.4, 0.5) is 0 Å². The van der Waals surface area contributed by atoms with Crippen LogP contribution in [0.2, 0.25) is 0 Å². The lowest BCUT2D eigenvalue weighted by Crippen LogP contribution is -2.06. The summed E-state index contributed by atoms with van der Waals surface area (Å²) in [6.07, 6.45) is 1.75. The number of rotatable bonds is 11. The van der Waals surface area contributed by atoms with Gasteiger partial charge in [-0.1, -0.05) is 36.4 Å². The lowest BCUT2D eigenvalue weighted by molar-refractivity contribution is 0.267. The Labute approximate surface area is 197 Å². The fraction of sp³-hybridized carbons (Fsp3) is 0.240. The predicted molar refractivity (Wildman–Crippen MR) is 130 cm³/mol. The molecule has 0 aromatic heterocycles. The Morgan fingerprint density at radius 1 is 0.875 bits per heavy atom. The molecule has 168 valence electrons. The van der Waals surface area contributed by atoms with Gasteiger partial charge in [0.15, 0.2) is 23.0 Å². The van der Waals surface area contributed by atoms with Crippen LogP contribution in [0.3, 0.4) is 0 Å². The third-order valence-corrected chi connectivity index (χ3v) is 5.18. The van der Waals surface area contributed by atoms with E-state index in [9.17, 15) is 0 Å². The number of nitrogens with zero attached hydrogens (tertiary/aromatic N) is 1. The predicted octanol–water partition coefficient (Wildman–Crippen LogP) is 5.57. The average Bonchev–Trinajstić information content (AvgIpc) is 2.82. The normalized spacial score (nSPS) is 10.8. The molecule has 1 N–H and O–H groups in total. The summed E-state index contributed by atoms with van der Waals surface area (Å²) >= 11 is 3.60. The second-order valence-corrected chi connectivity index (χ2v) is 7.67. The molecule has 6 nitrogen and oxygen atoms in total. The number of nitrogens with one attached hydrogen (secondary N) is 1. The van der Waals surface area contributed by atoms with Crippen molar-refractivity contribution in [2.24, 2.45) is 5.10 Å². The molecule has 0 aliphatic carbocycles. The molecule has 0 amide bonds. The maximum Gasteiger partial charge on any atom is 0.175 e. The third-order valence-electron chi connectivity index (χ3n) is 4.59. The standard InChI is InChI=1S/C25H27BrN2O4/c1-4-31-24-14-20(12-21(26)25(24)32-17-18-8-6-5-7-9-18)16-28-27-15-19-10-11-22(29-2)23(13-19)30-3/h5-14,16,27H,4,15,17H2,1-3H3/b28-16-. The van der Waals surface area contributed by atoms with Crippen LogP contribution in [0.25, 0.3) is 0 Å². The zero-order valence-corrected chi connectivity index (χ0v) is 20.0. The van der Waals surface area contributed by atoms with Crippen LogP contribution >= 0.6 is 15.9 Å². The van der Waals surface area contributed by atoms with Crippen molar-refractivity contribution in [1.29, 1.82) is 0 Å². The summed E-state index contributed by atoms with van der Waals surface area (Å²) in [5, 5.41) is 4.34. The minimum absolute atomic E-state index is 0.458. The lowest BCUT2D eigenvalue weighted by Gasteiger charge is -2.14. The molecule has 0 radical (unpaired) electrons.